The van der Waals surface area contributed by atoms with Gasteiger partial charge in [-0.2, -0.15) is 5.10 Å². The zero-order valence-corrected chi connectivity index (χ0v) is 13.0. The van der Waals surface area contributed by atoms with Crippen molar-refractivity contribution in [1.82, 2.24) is 5.43 Å². The van der Waals surface area contributed by atoms with Gasteiger partial charge in [0.1, 0.15) is 5.75 Å². The molecule has 120 valence electrons. The van der Waals surface area contributed by atoms with Gasteiger partial charge in [0.25, 0.3) is 0 Å². The maximum atomic E-state index is 11.7. The molecule has 5 nitrogen and oxygen atoms in total. The number of aliphatic hydroxyl groups excluding tert-OH is 1. The van der Waals surface area contributed by atoms with Crippen molar-refractivity contribution >= 4 is 12.1 Å². The van der Waals surface area contributed by atoms with Crippen LogP contribution in [0.1, 0.15) is 44.1 Å². The SMILES string of the molecule is COc1ccc(C=NNC(=O)CCC(O)C2CCCC2)cc1. The molecular weight excluding hydrogens is 280 g/mol. The quantitative estimate of drug-likeness (QED) is 0.600. The molecule has 1 unspecified atom stereocenters. The van der Waals surface area contributed by atoms with Crippen LogP contribution in [0, 0.1) is 5.92 Å². The minimum absolute atomic E-state index is 0.165. The van der Waals surface area contributed by atoms with Crippen LogP contribution in [0.5, 0.6) is 5.75 Å². The molecule has 2 N–H and O–H groups in total. The first-order valence-corrected chi connectivity index (χ1v) is 7.83. The van der Waals surface area contributed by atoms with Crippen LogP contribution in [0.25, 0.3) is 0 Å². The number of nitrogens with one attached hydrogen (secondary N) is 1. The minimum atomic E-state index is -0.362. The predicted molar refractivity (Wildman–Crippen MR) is 85.9 cm³/mol. The highest BCUT2D eigenvalue weighted by molar-refractivity contribution is 5.82. The fraction of sp³-hybridized carbons (Fsp3) is 0.529. The van der Waals surface area contributed by atoms with E-state index in [4.69, 9.17) is 4.74 Å². The first-order chi connectivity index (χ1) is 10.7. The maximum absolute atomic E-state index is 11.7. The number of carbonyl (C=O) groups is 1. The minimum Gasteiger partial charge on any atom is -0.497 e. The van der Waals surface area contributed by atoms with Gasteiger partial charge < -0.3 is 9.84 Å². The average molecular weight is 304 g/mol. The van der Waals surface area contributed by atoms with Gasteiger partial charge >= 0.3 is 0 Å². The number of rotatable bonds is 7. The number of hydrazone groups is 1. The second-order valence-electron chi connectivity index (χ2n) is 5.72. The van der Waals surface area contributed by atoms with Crippen molar-refractivity contribution in [2.24, 2.45) is 11.0 Å². The fourth-order valence-electron chi connectivity index (χ4n) is 2.78. The maximum Gasteiger partial charge on any atom is 0.240 e. The number of benzene rings is 1. The van der Waals surface area contributed by atoms with Gasteiger partial charge in [-0.3, -0.25) is 4.79 Å². The molecule has 0 aromatic heterocycles. The summed E-state index contributed by atoms with van der Waals surface area (Å²) in [5.41, 5.74) is 3.38. The van der Waals surface area contributed by atoms with Crippen LogP contribution in [0.2, 0.25) is 0 Å². The molecule has 1 aliphatic carbocycles. The lowest BCUT2D eigenvalue weighted by Crippen LogP contribution is -2.23. The topological polar surface area (TPSA) is 70.9 Å². The average Bonchev–Trinajstić information content (AvgIpc) is 3.08. The first kappa shape index (κ1) is 16.5. The molecule has 1 fully saturated rings. The molecule has 1 aliphatic rings. The van der Waals surface area contributed by atoms with Crippen LogP contribution in [-0.4, -0.2) is 30.4 Å². The third-order valence-electron chi connectivity index (χ3n) is 4.13. The van der Waals surface area contributed by atoms with E-state index in [0.717, 1.165) is 24.2 Å². The van der Waals surface area contributed by atoms with E-state index in [1.54, 1.807) is 13.3 Å². The van der Waals surface area contributed by atoms with E-state index < -0.39 is 0 Å². The van der Waals surface area contributed by atoms with Crippen LogP contribution < -0.4 is 10.2 Å². The van der Waals surface area contributed by atoms with E-state index in [9.17, 15) is 9.90 Å². The number of methoxy groups -OCH3 is 1. The van der Waals surface area contributed by atoms with Crippen molar-refractivity contribution in [2.45, 2.75) is 44.6 Å². The highest BCUT2D eigenvalue weighted by atomic mass is 16.5. The van der Waals surface area contributed by atoms with Gasteiger partial charge in [0.15, 0.2) is 0 Å². The molecule has 0 radical (unpaired) electrons. The van der Waals surface area contributed by atoms with Crippen LogP contribution in [0.15, 0.2) is 29.4 Å². The molecule has 0 heterocycles. The molecule has 0 saturated heterocycles. The summed E-state index contributed by atoms with van der Waals surface area (Å²) in [6.45, 7) is 0. The number of hydrogen-bond donors (Lipinski definition) is 2. The second-order valence-corrected chi connectivity index (χ2v) is 5.72. The number of ether oxygens (including phenoxy) is 1. The third-order valence-corrected chi connectivity index (χ3v) is 4.13. The Morgan fingerprint density at radius 2 is 2.09 bits per heavy atom. The van der Waals surface area contributed by atoms with Gasteiger partial charge in [-0.05, 0) is 55.0 Å². The van der Waals surface area contributed by atoms with Gasteiger partial charge in [-0.1, -0.05) is 12.8 Å². The van der Waals surface area contributed by atoms with Gasteiger partial charge in [0.05, 0.1) is 19.4 Å². The Hall–Kier alpha value is -1.88. The summed E-state index contributed by atoms with van der Waals surface area (Å²) in [6.07, 6.45) is 6.59. The van der Waals surface area contributed by atoms with Crippen molar-refractivity contribution in [3.63, 3.8) is 0 Å². The fourth-order valence-corrected chi connectivity index (χ4v) is 2.78. The smallest absolute Gasteiger partial charge is 0.240 e. The van der Waals surface area contributed by atoms with Gasteiger partial charge in [-0.25, -0.2) is 5.43 Å². The van der Waals surface area contributed by atoms with Crippen LogP contribution in [-0.2, 0) is 4.79 Å². The summed E-state index contributed by atoms with van der Waals surface area (Å²) in [5, 5.41) is 13.9. The van der Waals surface area contributed by atoms with Gasteiger partial charge in [-0.15, -0.1) is 0 Å². The van der Waals surface area contributed by atoms with Crippen LogP contribution in [0.3, 0.4) is 0 Å². The summed E-state index contributed by atoms with van der Waals surface area (Å²) in [4.78, 5) is 11.7. The predicted octanol–water partition coefficient (Wildman–Crippen LogP) is 2.48. The molecule has 0 aliphatic heterocycles. The molecule has 1 amide bonds. The molecule has 1 saturated carbocycles. The molecule has 5 heteroatoms. The Bertz CT molecular complexity index is 493. The number of aliphatic hydroxyl groups is 1. The highest BCUT2D eigenvalue weighted by Gasteiger charge is 2.23. The Morgan fingerprint density at radius 3 is 2.73 bits per heavy atom. The second kappa shape index (κ2) is 8.54. The van der Waals surface area contributed by atoms with Crippen molar-refractivity contribution < 1.29 is 14.6 Å². The summed E-state index contributed by atoms with van der Waals surface area (Å²) < 4.78 is 5.07. The summed E-state index contributed by atoms with van der Waals surface area (Å²) >= 11 is 0. The summed E-state index contributed by atoms with van der Waals surface area (Å²) in [6, 6.07) is 7.39. The monoisotopic (exact) mass is 304 g/mol. The molecule has 1 aromatic carbocycles. The Morgan fingerprint density at radius 1 is 1.41 bits per heavy atom. The standard InChI is InChI=1S/C17H24N2O3/c1-22-15-8-6-13(7-9-15)12-18-19-17(21)11-10-16(20)14-4-2-3-5-14/h6-9,12,14,16,20H,2-5,10-11H2,1H3,(H,19,21). The molecule has 1 aromatic rings. The van der Waals surface area contributed by atoms with Crippen molar-refractivity contribution in [3.8, 4) is 5.75 Å². The lowest BCUT2D eigenvalue weighted by molar-refractivity contribution is -0.121. The van der Waals surface area contributed by atoms with E-state index >= 15 is 0 Å². The van der Waals surface area contributed by atoms with E-state index in [2.05, 4.69) is 10.5 Å². The van der Waals surface area contributed by atoms with Crippen LogP contribution >= 0.6 is 0 Å². The molecule has 22 heavy (non-hydrogen) atoms. The molecule has 2 rings (SSSR count). The molecule has 1 atom stereocenters. The van der Waals surface area contributed by atoms with E-state index in [1.807, 2.05) is 24.3 Å². The summed E-state index contributed by atoms with van der Waals surface area (Å²) in [7, 11) is 1.61. The lowest BCUT2D eigenvalue weighted by Gasteiger charge is -2.16. The Balaban J connectivity index is 1.68. The van der Waals surface area contributed by atoms with Crippen LogP contribution in [0.4, 0.5) is 0 Å². The highest BCUT2D eigenvalue weighted by Crippen LogP contribution is 2.29. The normalized spacial score (nSPS) is 16.8. The van der Waals surface area contributed by atoms with E-state index in [-0.39, 0.29) is 12.0 Å². The van der Waals surface area contributed by atoms with Gasteiger partial charge in [0.2, 0.25) is 5.91 Å². The molecule has 0 bridgehead atoms. The number of nitrogens with zero attached hydrogens (tertiary/aromatic N) is 1. The van der Waals surface area contributed by atoms with Crippen molar-refractivity contribution in [3.05, 3.63) is 29.8 Å². The largest absolute Gasteiger partial charge is 0.497 e. The Labute approximate surface area is 131 Å². The Kier molecular flexibility index (Phi) is 6.40. The number of hydrogen-bond acceptors (Lipinski definition) is 4. The van der Waals surface area contributed by atoms with E-state index in [0.29, 0.717) is 18.8 Å². The van der Waals surface area contributed by atoms with Crippen molar-refractivity contribution in [2.75, 3.05) is 7.11 Å². The number of amides is 1. The molecule has 0 spiro atoms. The number of carbonyl (C=O) groups excluding carboxylic acids is 1. The van der Waals surface area contributed by atoms with Gasteiger partial charge in [0, 0.05) is 6.42 Å². The zero-order valence-electron chi connectivity index (χ0n) is 13.0. The first-order valence-electron chi connectivity index (χ1n) is 7.83. The lowest BCUT2D eigenvalue weighted by atomic mass is 9.97. The van der Waals surface area contributed by atoms with E-state index in [1.165, 1.54) is 12.8 Å². The zero-order chi connectivity index (χ0) is 15.8. The molecular formula is C17H24N2O3. The third kappa shape index (κ3) is 5.15. The summed E-state index contributed by atoms with van der Waals surface area (Å²) in [5.74, 6) is 0.986. The van der Waals surface area contributed by atoms with Crippen molar-refractivity contribution in [1.29, 1.82) is 0 Å².